The summed E-state index contributed by atoms with van der Waals surface area (Å²) in [6, 6.07) is 8.08. The lowest BCUT2D eigenvalue weighted by Gasteiger charge is -2.09. The van der Waals surface area contributed by atoms with E-state index in [1.807, 2.05) is 0 Å². The van der Waals surface area contributed by atoms with Crippen molar-refractivity contribution in [3.05, 3.63) is 65.2 Å². The number of halogens is 5. The van der Waals surface area contributed by atoms with E-state index in [1.165, 1.54) is 29.5 Å². The number of anilines is 3. The first kappa shape index (κ1) is 20.5. The molecule has 3 rings (SSSR count). The molecule has 0 atom stereocenters. The Bertz CT molecular complexity index is 1010. The second-order valence-corrected chi connectivity index (χ2v) is 6.55. The van der Waals surface area contributed by atoms with Gasteiger partial charge in [-0.05, 0) is 36.4 Å². The summed E-state index contributed by atoms with van der Waals surface area (Å²) >= 11 is 1.19. The fourth-order valence-electron chi connectivity index (χ4n) is 2.25. The summed E-state index contributed by atoms with van der Waals surface area (Å²) in [6.45, 7) is 0. The minimum absolute atomic E-state index is 0.102. The number of aromatic nitrogens is 1. The zero-order chi connectivity index (χ0) is 21.0. The minimum atomic E-state index is -4.76. The molecule has 1 amide bonds. The lowest BCUT2D eigenvalue weighted by atomic mass is 10.2. The highest BCUT2D eigenvalue weighted by molar-refractivity contribution is 7.13. The molecule has 0 aliphatic carbocycles. The first-order valence-corrected chi connectivity index (χ1v) is 8.88. The third-order valence-corrected chi connectivity index (χ3v) is 4.24. The monoisotopic (exact) mass is 429 g/mol. The van der Waals surface area contributed by atoms with Crippen molar-refractivity contribution in [1.82, 2.24) is 4.98 Å². The molecule has 1 aromatic heterocycles. The van der Waals surface area contributed by atoms with Gasteiger partial charge in [0, 0.05) is 22.8 Å². The molecule has 0 saturated heterocycles. The lowest BCUT2D eigenvalue weighted by Crippen LogP contribution is -2.16. The minimum Gasteiger partial charge on any atom is -0.406 e. The van der Waals surface area contributed by atoms with Crippen LogP contribution in [0.1, 0.15) is 5.69 Å². The van der Waals surface area contributed by atoms with Crippen LogP contribution < -0.4 is 15.4 Å². The number of nitrogens with one attached hydrogen (secondary N) is 2. The van der Waals surface area contributed by atoms with E-state index in [1.54, 1.807) is 5.38 Å². The van der Waals surface area contributed by atoms with Crippen LogP contribution in [0.2, 0.25) is 0 Å². The van der Waals surface area contributed by atoms with Crippen LogP contribution in [0.25, 0.3) is 0 Å². The fourth-order valence-corrected chi connectivity index (χ4v) is 2.98. The maximum Gasteiger partial charge on any atom is 0.573 e. The van der Waals surface area contributed by atoms with E-state index in [4.69, 9.17) is 0 Å². The van der Waals surface area contributed by atoms with Crippen LogP contribution in [0.4, 0.5) is 38.5 Å². The van der Waals surface area contributed by atoms with Crippen molar-refractivity contribution in [3.63, 3.8) is 0 Å². The predicted molar refractivity (Wildman–Crippen MR) is 97.2 cm³/mol. The van der Waals surface area contributed by atoms with E-state index in [0.29, 0.717) is 16.5 Å². The van der Waals surface area contributed by atoms with Crippen molar-refractivity contribution in [1.29, 1.82) is 0 Å². The number of thiazole rings is 1. The summed E-state index contributed by atoms with van der Waals surface area (Å²) in [5.74, 6) is -2.91. The third-order valence-electron chi connectivity index (χ3n) is 3.44. The van der Waals surface area contributed by atoms with Crippen LogP contribution in [0.15, 0.2) is 47.8 Å². The molecule has 0 radical (unpaired) electrons. The number of benzene rings is 2. The van der Waals surface area contributed by atoms with Crippen molar-refractivity contribution < 1.29 is 31.5 Å². The Balaban J connectivity index is 1.56. The summed E-state index contributed by atoms with van der Waals surface area (Å²) < 4.78 is 66.3. The Morgan fingerprint density at radius 3 is 2.38 bits per heavy atom. The molecule has 2 aromatic carbocycles. The van der Waals surface area contributed by atoms with Crippen molar-refractivity contribution in [2.24, 2.45) is 0 Å². The van der Waals surface area contributed by atoms with Crippen LogP contribution in [0, 0.1) is 11.6 Å². The zero-order valence-corrected chi connectivity index (χ0v) is 15.2. The topological polar surface area (TPSA) is 63.2 Å². The second-order valence-electron chi connectivity index (χ2n) is 5.70. The predicted octanol–water partition coefficient (Wildman–Crippen LogP) is 5.24. The van der Waals surface area contributed by atoms with Crippen LogP contribution >= 0.6 is 11.3 Å². The quantitative estimate of drug-likeness (QED) is 0.526. The summed E-state index contributed by atoms with van der Waals surface area (Å²) in [4.78, 5) is 16.2. The van der Waals surface area contributed by atoms with Gasteiger partial charge < -0.3 is 15.4 Å². The van der Waals surface area contributed by atoms with Gasteiger partial charge in [-0.25, -0.2) is 13.8 Å². The largest absolute Gasteiger partial charge is 0.573 e. The Kier molecular flexibility index (Phi) is 5.97. The highest BCUT2D eigenvalue weighted by atomic mass is 32.1. The molecule has 29 heavy (non-hydrogen) atoms. The standard InChI is InChI=1S/C18H12F5N3O2S/c19-14-6-3-11(7-15(14)20)24-16(27)8-12-9-29-17(26-12)25-10-1-4-13(5-2-10)28-18(21,22)23/h1-7,9H,8H2,(H,24,27)(H,25,26). The molecule has 11 heteroatoms. The average molecular weight is 429 g/mol. The van der Waals surface area contributed by atoms with Crippen molar-refractivity contribution in [2.75, 3.05) is 10.6 Å². The van der Waals surface area contributed by atoms with Gasteiger partial charge >= 0.3 is 6.36 Å². The molecular weight excluding hydrogens is 417 g/mol. The number of carbonyl (C=O) groups excluding carboxylic acids is 1. The van der Waals surface area contributed by atoms with Crippen LogP contribution in [0.3, 0.4) is 0 Å². The maximum atomic E-state index is 13.2. The van der Waals surface area contributed by atoms with Crippen LogP contribution in [-0.2, 0) is 11.2 Å². The van der Waals surface area contributed by atoms with E-state index in [0.717, 1.165) is 24.3 Å². The maximum absolute atomic E-state index is 13.2. The molecule has 0 fully saturated rings. The molecule has 5 nitrogen and oxygen atoms in total. The summed E-state index contributed by atoms with van der Waals surface area (Å²) in [5.41, 5.74) is 1.02. The number of hydrogen-bond donors (Lipinski definition) is 2. The van der Waals surface area contributed by atoms with Gasteiger partial charge in [0.15, 0.2) is 16.8 Å². The van der Waals surface area contributed by atoms with Crippen molar-refractivity contribution in [3.8, 4) is 5.75 Å². The number of ether oxygens (including phenoxy) is 1. The number of alkyl halides is 3. The summed E-state index contributed by atoms with van der Waals surface area (Å²) in [6.07, 6.45) is -4.87. The van der Waals surface area contributed by atoms with Gasteiger partial charge in [-0.15, -0.1) is 24.5 Å². The Morgan fingerprint density at radius 1 is 1.03 bits per heavy atom. The lowest BCUT2D eigenvalue weighted by molar-refractivity contribution is -0.274. The molecule has 0 saturated carbocycles. The van der Waals surface area contributed by atoms with Gasteiger partial charge in [0.25, 0.3) is 0 Å². The van der Waals surface area contributed by atoms with Gasteiger partial charge in [0.2, 0.25) is 5.91 Å². The number of hydrogen-bond acceptors (Lipinski definition) is 5. The van der Waals surface area contributed by atoms with Crippen molar-refractivity contribution >= 4 is 33.8 Å². The number of rotatable bonds is 6. The smallest absolute Gasteiger partial charge is 0.406 e. The highest BCUT2D eigenvalue weighted by Crippen LogP contribution is 2.26. The second kappa shape index (κ2) is 8.43. The number of nitrogens with zero attached hydrogens (tertiary/aromatic N) is 1. The van der Waals surface area contributed by atoms with E-state index in [2.05, 4.69) is 20.4 Å². The molecule has 0 spiro atoms. The van der Waals surface area contributed by atoms with Crippen LogP contribution in [-0.4, -0.2) is 17.3 Å². The third kappa shape index (κ3) is 6.14. The number of amides is 1. The Labute approximate surface area is 165 Å². The molecule has 0 bridgehead atoms. The summed E-state index contributed by atoms with van der Waals surface area (Å²) in [5, 5.41) is 7.37. The highest BCUT2D eigenvalue weighted by Gasteiger charge is 2.30. The molecule has 152 valence electrons. The fraction of sp³-hybridized carbons (Fsp3) is 0.111. The Morgan fingerprint density at radius 2 is 1.72 bits per heavy atom. The van der Waals surface area contributed by atoms with E-state index >= 15 is 0 Å². The van der Waals surface area contributed by atoms with E-state index in [-0.39, 0.29) is 17.9 Å². The molecule has 1 heterocycles. The summed E-state index contributed by atoms with van der Waals surface area (Å²) in [7, 11) is 0. The normalized spacial score (nSPS) is 11.2. The molecule has 2 N–H and O–H groups in total. The molecule has 0 unspecified atom stereocenters. The Hall–Kier alpha value is -3.21. The zero-order valence-electron chi connectivity index (χ0n) is 14.4. The first-order chi connectivity index (χ1) is 13.7. The molecule has 0 aliphatic heterocycles. The molecular formula is C18H12F5N3O2S. The van der Waals surface area contributed by atoms with Gasteiger partial charge in [-0.3, -0.25) is 4.79 Å². The van der Waals surface area contributed by atoms with Gasteiger partial charge in [-0.1, -0.05) is 0 Å². The SMILES string of the molecule is O=C(Cc1csc(Nc2ccc(OC(F)(F)F)cc2)n1)Nc1ccc(F)c(F)c1. The average Bonchev–Trinajstić information content (AvgIpc) is 3.05. The van der Waals surface area contributed by atoms with E-state index in [9.17, 15) is 26.7 Å². The van der Waals surface area contributed by atoms with Gasteiger partial charge in [-0.2, -0.15) is 0 Å². The van der Waals surface area contributed by atoms with Crippen LogP contribution in [0.5, 0.6) is 5.75 Å². The van der Waals surface area contributed by atoms with Crippen molar-refractivity contribution in [2.45, 2.75) is 12.8 Å². The van der Waals surface area contributed by atoms with Gasteiger partial charge in [0.1, 0.15) is 5.75 Å². The number of carbonyl (C=O) groups is 1. The van der Waals surface area contributed by atoms with Gasteiger partial charge in [0.05, 0.1) is 12.1 Å². The molecule has 3 aromatic rings. The molecule has 0 aliphatic rings. The van der Waals surface area contributed by atoms with E-state index < -0.39 is 23.9 Å². The first-order valence-electron chi connectivity index (χ1n) is 8.00.